The predicted molar refractivity (Wildman–Crippen MR) is 79.1 cm³/mol. The minimum absolute atomic E-state index is 0.0565. The molecule has 0 aliphatic carbocycles. The van der Waals surface area contributed by atoms with E-state index in [0.29, 0.717) is 18.4 Å². The number of hydrogen-bond acceptors (Lipinski definition) is 7. The van der Waals surface area contributed by atoms with E-state index in [-0.39, 0.29) is 18.0 Å². The van der Waals surface area contributed by atoms with E-state index in [0.717, 1.165) is 19.4 Å². The predicted octanol–water partition coefficient (Wildman–Crippen LogP) is 1.52. The molecule has 20 heavy (non-hydrogen) atoms. The maximum Gasteiger partial charge on any atom is 0.322 e. The molecule has 114 valence electrons. The van der Waals surface area contributed by atoms with Crippen molar-refractivity contribution in [2.75, 3.05) is 37.4 Å². The van der Waals surface area contributed by atoms with Gasteiger partial charge in [0.1, 0.15) is 0 Å². The summed E-state index contributed by atoms with van der Waals surface area (Å²) in [6, 6.07) is 0.284. The van der Waals surface area contributed by atoms with E-state index in [1.807, 2.05) is 6.92 Å². The standard InChI is InChI=1S/C13H25N5O2/c1-5-14-10-16-11(18-12(17-10)20-4)15-9-13(2,3)7-6-8-19/h19H,5-9H2,1-4H3,(H2,14,15,16,17,18). The second-order valence-electron chi connectivity index (χ2n) is 5.34. The number of ether oxygens (including phenoxy) is 1. The van der Waals surface area contributed by atoms with Gasteiger partial charge in [-0.3, -0.25) is 0 Å². The molecule has 7 heteroatoms. The van der Waals surface area contributed by atoms with Gasteiger partial charge < -0.3 is 20.5 Å². The Kier molecular flexibility index (Phi) is 6.44. The van der Waals surface area contributed by atoms with Crippen LogP contribution in [0.3, 0.4) is 0 Å². The molecule has 0 fully saturated rings. The summed E-state index contributed by atoms with van der Waals surface area (Å²) in [6.45, 7) is 7.91. The van der Waals surface area contributed by atoms with Gasteiger partial charge in [-0.05, 0) is 25.2 Å². The summed E-state index contributed by atoms with van der Waals surface area (Å²) in [6.07, 6.45) is 1.72. The molecule has 0 bridgehead atoms. The minimum Gasteiger partial charge on any atom is -0.467 e. The minimum atomic E-state index is 0.0565. The van der Waals surface area contributed by atoms with Gasteiger partial charge in [0.15, 0.2) is 0 Å². The van der Waals surface area contributed by atoms with Crippen LogP contribution < -0.4 is 15.4 Å². The highest BCUT2D eigenvalue weighted by atomic mass is 16.5. The Hall–Kier alpha value is -1.63. The Morgan fingerprint density at radius 3 is 2.35 bits per heavy atom. The summed E-state index contributed by atoms with van der Waals surface area (Å²) in [5.74, 6) is 0.986. The topological polar surface area (TPSA) is 92.2 Å². The van der Waals surface area contributed by atoms with E-state index < -0.39 is 0 Å². The average Bonchev–Trinajstić information content (AvgIpc) is 2.43. The zero-order valence-electron chi connectivity index (χ0n) is 12.7. The highest BCUT2D eigenvalue weighted by Crippen LogP contribution is 2.22. The van der Waals surface area contributed by atoms with E-state index >= 15 is 0 Å². The summed E-state index contributed by atoms with van der Waals surface area (Å²) < 4.78 is 5.06. The lowest BCUT2D eigenvalue weighted by molar-refractivity contribution is 0.247. The summed E-state index contributed by atoms with van der Waals surface area (Å²) in [5, 5.41) is 15.1. The SMILES string of the molecule is CCNc1nc(NCC(C)(C)CCCO)nc(OC)n1. The van der Waals surface area contributed by atoms with Crippen molar-refractivity contribution in [2.24, 2.45) is 5.41 Å². The molecule has 0 amide bonds. The Morgan fingerprint density at radius 2 is 1.80 bits per heavy atom. The molecule has 7 nitrogen and oxygen atoms in total. The molecule has 3 N–H and O–H groups in total. The number of aromatic nitrogens is 3. The van der Waals surface area contributed by atoms with Crippen LogP contribution in [-0.2, 0) is 0 Å². The van der Waals surface area contributed by atoms with Gasteiger partial charge in [-0.1, -0.05) is 13.8 Å². The van der Waals surface area contributed by atoms with E-state index in [4.69, 9.17) is 9.84 Å². The fourth-order valence-electron chi connectivity index (χ4n) is 1.73. The number of nitrogens with one attached hydrogen (secondary N) is 2. The van der Waals surface area contributed by atoms with Crippen LogP contribution in [0.4, 0.5) is 11.9 Å². The third kappa shape index (κ3) is 5.56. The van der Waals surface area contributed by atoms with Crippen molar-refractivity contribution in [1.82, 2.24) is 15.0 Å². The highest BCUT2D eigenvalue weighted by molar-refractivity contribution is 5.35. The molecule has 1 aromatic heterocycles. The van der Waals surface area contributed by atoms with Crippen molar-refractivity contribution in [3.05, 3.63) is 0 Å². The largest absolute Gasteiger partial charge is 0.467 e. The second-order valence-corrected chi connectivity index (χ2v) is 5.34. The lowest BCUT2D eigenvalue weighted by Crippen LogP contribution is -2.24. The smallest absolute Gasteiger partial charge is 0.322 e. The normalized spacial score (nSPS) is 11.2. The van der Waals surface area contributed by atoms with E-state index in [1.165, 1.54) is 7.11 Å². The molecule has 0 atom stereocenters. The van der Waals surface area contributed by atoms with Gasteiger partial charge in [-0.25, -0.2) is 0 Å². The zero-order valence-corrected chi connectivity index (χ0v) is 12.7. The van der Waals surface area contributed by atoms with E-state index in [9.17, 15) is 0 Å². The number of aliphatic hydroxyl groups excluding tert-OH is 1. The van der Waals surface area contributed by atoms with Crippen molar-refractivity contribution in [3.8, 4) is 6.01 Å². The number of methoxy groups -OCH3 is 1. The molecule has 0 aliphatic rings. The molecule has 0 saturated heterocycles. The van der Waals surface area contributed by atoms with Crippen LogP contribution in [0.25, 0.3) is 0 Å². The first kappa shape index (κ1) is 16.4. The van der Waals surface area contributed by atoms with Crippen molar-refractivity contribution in [3.63, 3.8) is 0 Å². The maximum atomic E-state index is 8.90. The second kappa shape index (κ2) is 7.84. The van der Waals surface area contributed by atoms with Crippen molar-refractivity contribution in [1.29, 1.82) is 0 Å². The van der Waals surface area contributed by atoms with Gasteiger partial charge >= 0.3 is 6.01 Å². The zero-order chi connectivity index (χ0) is 15.0. The van der Waals surface area contributed by atoms with Gasteiger partial charge in [-0.2, -0.15) is 15.0 Å². The van der Waals surface area contributed by atoms with Crippen molar-refractivity contribution >= 4 is 11.9 Å². The van der Waals surface area contributed by atoms with Crippen molar-refractivity contribution in [2.45, 2.75) is 33.6 Å². The van der Waals surface area contributed by atoms with Crippen LogP contribution >= 0.6 is 0 Å². The Morgan fingerprint density at radius 1 is 1.15 bits per heavy atom. The van der Waals surface area contributed by atoms with Crippen LogP contribution in [0.5, 0.6) is 6.01 Å². The number of nitrogens with zero attached hydrogens (tertiary/aromatic N) is 3. The molecule has 1 rings (SSSR count). The fourth-order valence-corrected chi connectivity index (χ4v) is 1.73. The van der Waals surface area contributed by atoms with Crippen LogP contribution in [0.2, 0.25) is 0 Å². The van der Waals surface area contributed by atoms with E-state index in [2.05, 4.69) is 39.4 Å². The highest BCUT2D eigenvalue weighted by Gasteiger charge is 2.18. The van der Waals surface area contributed by atoms with E-state index in [1.54, 1.807) is 0 Å². The third-order valence-electron chi connectivity index (χ3n) is 2.87. The molecule has 0 aromatic carbocycles. The number of aliphatic hydroxyl groups is 1. The number of rotatable bonds is 9. The van der Waals surface area contributed by atoms with Crippen LogP contribution in [0.1, 0.15) is 33.6 Å². The Balaban J connectivity index is 2.68. The first-order valence-electron chi connectivity index (χ1n) is 6.89. The summed E-state index contributed by atoms with van der Waals surface area (Å²) in [5.41, 5.74) is 0.0565. The summed E-state index contributed by atoms with van der Waals surface area (Å²) in [7, 11) is 1.53. The molecule has 1 heterocycles. The lowest BCUT2D eigenvalue weighted by Gasteiger charge is -2.24. The molecular weight excluding hydrogens is 258 g/mol. The molecule has 0 aliphatic heterocycles. The molecule has 0 saturated carbocycles. The number of hydrogen-bond donors (Lipinski definition) is 3. The lowest BCUT2D eigenvalue weighted by atomic mass is 9.88. The first-order valence-corrected chi connectivity index (χ1v) is 6.89. The number of anilines is 2. The van der Waals surface area contributed by atoms with Gasteiger partial charge in [-0.15, -0.1) is 0 Å². The van der Waals surface area contributed by atoms with Gasteiger partial charge in [0.2, 0.25) is 11.9 Å². The fraction of sp³-hybridized carbons (Fsp3) is 0.769. The monoisotopic (exact) mass is 283 g/mol. The van der Waals surface area contributed by atoms with Crippen molar-refractivity contribution < 1.29 is 9.84 Å². The first-order chi connectivity index (χ1) is 9.50. The van der Waals surface area contributed by atoms with Gasteiger partial charge in [0.05, 0.1) is 7.11 Å². The summed E-state index contributed by atoms with van der Waals surface area (Å²) >= 11 is 0. The maximum absolute atomic E-state index is 8.90. The molecule has 1 aromatic rings. The van der Waals surface area contributed by atoms with Gasteiger partial charge in [0, 0.05) is 19.7 Å². The molecular formula is C13H25N5O2. The van der Waals surface area contributed by atoms with Crippen LogP contribution in [-0.4, -0.2) is 46.9 Å². The third-order valence-corrected chi connectivity index (χ3v) is 2.87. The Bertz CT molecular complexity index is 412. The van der Waals surface area contributed by atoms with Crippen LogP contribution in [0, 0.1) is 5.41 Å². The average molecular weight is 283 g/mol. The van der Waals surface area contributed by atoms with Gasteiger partial charge in [0.25, 0.3) is 0 Å². The summed E-state index contributed by atoms with van der Waals surface area (Å²) in [4.78, 5) is 12.6. The Labute approximate surface area is 120 Å². The quantitative estimate of drug-likeness (QED) is 0.632. The molecule has 0 radical (unpaired) electrons. The molecule has 0 unspecified atom stereocenters. The van der Waals surface area contributed by atoms with Crippen LogP contribution in [0.15, 0.2) is 0 Å². The molecule has 0 spiro atoms.